The van der Waals surface area contributed by atoms with Gasteiger partial charge in [-0.25, -0.2) is 13.1 Å². The van der Waals surface area contributed by atoms with E-state index in [1.165, 1.54) is 12.1 Å². The van der Waals surface area contributed by atoms with Crippen molar-refractivity contribution in [1.82, 2.24) is 4.72 Å². The van der Waals surface area contributed by atoms with E-state index in [0.717, 1.165) is 6.42 Å². The lowest BCUT2D eigenvalue weighted by Gasteiger charge is -2.23. The summed E-state index contributed by atoms with van der Waals surface area (Å²) in [4.78, 5) is 11.9. The standard InChI is InChI=1S/C14H22N2O3S/c1-14(2,10-11-15)9-8-13(17)16-20(18,19)12-6-4-3-5-7-12/h3-7H,8-11,15H2,1-2H3,(H,16,17). The van der Waals surface area contributed by atoms with Crippen LogP contribution in [-0.2, 0) is 14.8 Å². The average molecular weight is 298 g/mol. The number of carbonyl (C=O) groups excluding carboxylic acids is 1. The first-order valence-electron chi connectivity index (χ1n) is 6.58. The van der Waals surface area contributed by atoms with E-state index in [2.05, 4.69) is 4.72 Å². The first-order chi connectivity index (χ1) is 9.27. The predicted molar refractivity (Wildman–Crippen MR) is 78.5 cm³/mol. The van der Waals surface area contributed by atoms with Gasteiger partial charge in [0, 0.05) is 6.42 Å². The average Bonchev–Trinajstić information content (AvgIpc) is 2.37. The monoisotopic (exact) mass is 298 g/mol. The molecule has 0 saturated carbocycles. The van der Waals surface area contributed by atoms with Crippen molar-refractivity contribution in [2.75, 3.05) is 6.54 Å². The molecule has 112 valence electrons. The van der Waals surface area contributed by atoms with E-state index in [4.69, 9.17) is 5.73 Å². The molecule has 3 N–H and O–H groups in total. The van der Waals surface area contributed by atoms with Crippen molar-refractivity contribution >= 4 is 15.9 Å². The highest BCUT2D eigenvalue weighted by Gasteiger charge is 2.21. The molecule has 0 heterocycles. The van der Waals surface area contributed by atoms with Crippen LogP contribution in [0.3, 0.4) is 0 Å². The molecule has 5 nitrogen and oxygen atoms in total. The fraction of sp³-hybridized carbons (Fsp3) is 0.500. The second-order valence-corrected chi connectivity index (χ2v) is 7.23. The zero-order valence-corrected chi connectivity index (χ0v) is 12.7. The molecule has 6 heteroatoms. The Bertz CT molecular complexity index is 539. The number of hydrogen-bond donors (Lipinski definition) is 2. The zero-order chi connectivity index (χ0) is 15.2. The van der Waals surface area contributed by atoms with Gasteiger partial charge in [0.1, 0.15) is 0 Å². The van der Waals surface area contributed by atoms with Gasteiger partial charge in [0.05, 0.1) is 4.90 Å². The molecule has 0 unspecified atom stereocenters. The molecule has 1 amide bonds. The highest BCUT2D eigenvalue weighted by Crippen LogP contribution is 2.25. The topological polar surface area (TPSA) is 89.3 Å². The third kappa shape index (κ3) is 5.30. The molecule has 0 saturated heterocycles. The number of nitrogens with one attached hydrogen (secondary N) is 1. The van der Waals surface area contributed by atoms with E-state index in [9.17, 15) is 13.2 Å². The van der Waals surface area contributed by atoms with Crippen LogP contribution < -0.4 is 10.5 Å². The summed E-state index contributed by atoms with van der Waals surface area (Å²) >= 11 is 0. The smallest absolute Gasteiger partial charge is 0.264 e. The predicted octanol–water partition coefficient (Wildman–Crippen LogP) is 1.65. The van der Waals surface area contributed by atoms with Gasteiger partial charge in [-0.15, -0.1) is 0 Å². The molecule has 0 atom stereocenters. The lowest BCUT2D eigenvalue weighted by atomic mass is 9.84. The quantitative estimate of drug-likeness (QED) is 0.801. The molecule has 0 radical (unpaired) electrons. The van der Waals surface area contributed by atoms with Gasteiger partial charge in [-0.2, -0.15) is 0 Å². The number of carbonyl (C=O) groups is 1. The minimum Gasteiger partial charge on any atom is -0.330 e. The second kappa shape index (κ2) is 6.85. The minimum atomic E-state index is -3.76. The van der Waals surface area contributed by atoms with Crippen molar-refractivity contribution in [2.45, 2.75) is 38.0 Å². The molecule has 20 heavy (non-hydrogen) atoms. The summed E-state index contributed by atoms with van der Waals surface area (Å²) < 4.78 is 26.0. The minimum absolute atomic E-state index is 0.0669. The van der Waals surface area contributed by atoms with Crippen molar-refractivity contribution in [1.29, 1.82) is 0 Å². The van der Waals surface area contributed by atoms with Crippen LogP contribution in [0.25, 0.3) is 0 Å². The van der Waals surface area contributed by atoms with Crippen LogP contribution in [0.4, 0.5) is 0 Å². The summed E-state index contributed by atoms with van der Waals surface area (Å²) in [5, 5.41) is 0. The Morgan fingerprint density at radius 1 is 1.20 bits per heavy atom. The largest absolute Gasteiger partial charge is 0.330 e. The van der Waals surface area contributed by atoms with Gasteiger partial charge in [-0.05, 0) is 36.9 Å². The van der Waals surface area contributed by atoms with Gasteiger partial charge in [-0.1, -0.05) is 32.0 Å². The zero-order valence-electron chi connectivity index (χ0n) is 11.9. The summed E-state index contributed by atoms with van der Waals surface area (Å²) in [6.45, 7) is 4.58. The molecule has 0 fully saturated rings. The van der Waals surface area contributed by atoms with E-state index in [0.29, 0.717) is 13.0 Å². The highest BCUT2D eigenvalue weighted by atomic mass is 32.2. The molecule has 0 bridgehead atoms. The van der Waals surface area contributed by atoms with Gasteiger partial charge in [0.2, 0.25) is 5.91 Å². The maximum Gasteiger partial charge on any atom is 0.264 e. The maximum absolute atomic E-state index is 11.9. The fourth-order valence-electron chi connectivity index (χ4n) is 1.83. The van der Waals surface area contributed by atoms with Crippen molar-refractivity contribution in [3.63, 3.8) is 0 Å². The van der Waals surface area contributed by atoms with Crippen molar-refractivity contribution in [2.24, 2.45) is 11.1 Å². The van der Waals surface area contributed by atoms with Crippen molar-refractivity contribution in [3.8, 4) is 0 Å². The molecule has 0 aromatic heterocycles. The lowest BCUT2D eigenvalue weighted by Crippen LogP contribution is -2.31. The Morgan fingerprint density at radius 3 is 2.35 bits per heavy atom. The summed E-state index contributed by atoms with van der Waals surface area (Å²) in [5.41, 5.74) is 5.44. The van der Waals surface area contributed by atoms with E-state index >= 15 is 0 Å². The maximum atomic E-state index is 11.9. The van der Waals surface area contributed by atoms with Gasteiger partial charge in [0.15, 0.2) is 0 Å². The Hall–Kier alpha value is -1.40. The van der Waals surface area contributed by atoms with Crippen LogP contribution in [0.15, 0.2) is 35.2 Å². The van der Waals surface area contributed by atoms with Crippen LogP contribution in [0.5, 0.6) is 0 Å². The number of benzene rings is 1. The van der Waals surface area contributed by atoms with Gasteiger partial charge in [0.25, 0.3) is 10.0 Å². The summed E-state index contributed by atoms with van der Waals surface area (Å²) in [6, 6.07) is 7.85. The van der Waals surface area contributed by atoms with Crippen LogP contribution in [0.2, 0.25) is 0 Å². The lowest BCUT2D eigenvalue weighted by molar-refractivity contribution is -0.119. The van der Waals surface area contributed by atoms with Crippen LogP contribution >= 0.6 is 0 Å². The van der Waals surface area contributed by atoms with Gasteiger partial charge in [-0.3, -0.25) is 4.79 Å². The highest BCUT2D eigenvalue weighted by molar-refractivity contribution is 7.90. The first-order valence-corrected chi connectivity index (χ1v) is 8.06. The van der Waals surface area contributed by atoms with Crippen LogP contribution in [-0.4, -0.2) is 20.9 Å². The molecule has 1 aromatic rings. The summed E-state index contributed by atoms with van der Waals surface area (Å²) in [5.74, 6) is -0.487. The number of amides is 1. The fourth-order valence-corrected chi connectivity index (χ4v) is 2.86. The SMILES string of the molecule is CC(C)(CCN)CCC(=O)NS(=O)(=O)c1ccccc1. The number of hydrogen-bond acceptors (Lipinski definition) is 4. The van der Waals surface area contributed by atoms with E-state index in [1.54, 1.807) is 18.2 Å². The van der Waals surface area contributed by atoms with Crippen molar-refractivity contribution < 1.29 is 13.2 Å². The molecule has 0 aliphatic carbocycles. The molecular weight excluding hydrogens is 276 g/mol. The van der Waals surface area contributed by atoms with E-state index in [1.807, 2.05) is 13.8 Å². The normalized spacial score (nSPS) is 12.2. The van der Waals surface area contributed by atoms with Crippen molar-refractivity contribution in [3.05, 3.63) is 30.3 Å². The van der Waals surface area contributed by atoms with Gasteiger partial charge < -0.3 is 5.73 Å². The Balaban J connectivity index is 2.59. The molecule has 0 spiro atoms. The third-order valence-corrected chi connectivity index (χ3v) is 4.54. The Labute approximate surface area is 120 Å². The number of rotatable bonds is 7. The summed E-state index contributed by atoms with van der Waals surface area (Å²) in [7, 11) is -3.76. The van der Waals surface area contributed by atoms with E-state index in [-0.39, 0.29) is 16.7 Å². The number of nitrogens with two attached hydrogens (primary N) is 1. The second-order valence-electron chi connectivity index (χ2n) is 5.54. The molecule has 0 aliphatic heterocycles. The number of sulfonamides is 1. The Morgan fingerprint density at radius 2 is 1.80 bits per heavy atom. The summed E-state index contributed by atoms with van der Waals surface area (Å²) in [6.07, 6.45) is 1.56. The first kappa shape index (κ1) is 16.7. The molecular formula is C14H22N2O3S. The van der Waals surface area contributed by atoms with Crippen LogP contribution in [0.1, 0.15) is 33.1 Å². The molecule has 1 aromatic carbocycles. The van der Waals surface area contributed by atoms with Gasteiger partial charge >= 0.3 is 0 Å². The Kier molecular flexibility index (Phi) is 5.71. The van der Waals surface area contributed by atoms with E-state index < -0.39 is 15.9 Å². The third-order valence-electron chi connectivity index (χ3n) is 3.15. The van der Waals surface area contributed by atoms with Crippen LogP contribution in [0, 0.1) is 5.41 Å². The molecule has 0 aliphatic rings. The molecule has 1 rings (SSSR count).